The highest BCUT2D eigenvalue weighted by molar-refractivity contribution is 6.36. The SMILES string of the molecule is COc1nc(-c2cccc(-c3cccc(NC(=O)c4cn(C)c(=O)n(C)c4=O)c3Cl)c2C#N)cc2c1[C@@H](NC[C@@H]1CCC(=O)N1)CO2. The number of methoxy groups -OCH3 is 1. The summed E-state index contributed by atoms with van der Waals surface area (Å²) in [6.45, 7) is 0.925. The van der Waals surface area contributed by atoms with Crippen molar-refractivity contribution in [2.45, 2.75) is 24.9 Å². The van der Waals surface area contributed by atoms with E-state index in [0.717, 1.165) is 21.1 Å². The number of nitrogens with one attached hydrogen (secondary N) is 3. The van der Waals surface area contributed by atoms with Crippen molar-refractivity contribution in [1.82, 2.24) is 24.8 Å². The van der Waals surface area contributed by atoms with E-state index in [1.54, 1.807) is 42.5 Å². The van der Waals surface area contributed by atoms with Gasteiger partial charge in [0.25, 0.3) is 11.5 Å². The molecule has 2 aromatic heterocycles. The van der Waals surface area contributed by atoms with Crippen LogP contribution in [0.3, 0.4) is 0 Å². The molecule has 0 unspecified atom stereocenters. The minimum absolute atomic E-state index is 0.0465. The Labute approximate surface area is 273 Å². The summed E-state index contributed by atoms with van der Waals surface area (Å²) in [4.78, 5) is 54.1. The number of benzene rings is 2. The Balaban J connectivity index is 1.32. The molecule has 1 saturated heterocycles. The summed E-state index contributed by atoms with van der Waals surface area (Å²) in [5.74, 6) is 0.223. The van der Waals surface area contributed by atoms with Gasteiger partial charge < -0.3 is 30.0 Å². The number of fused-ring (bicyclic) bond motifs is 1. The minimum Gasteiger partial charge on any atom is -0.491 e. The summed E-state index contributed by atoms with van der Waals surface area (Å²) in [6, 6.07) is 14.1. The first-order valence-electron chi connectivity index (χ1n) is 14.8. The largest absolute Gasteiger partial charge is 0.491 e. The van der Waals surface area contributed by atoms with Gasteiger partial charge in [0.1, 0.15) is 24.0 Å². The van der Waals surface area contributed by atoms with Crippen molar-refractivity contribution in [3.8, 4) is 40.1 Å². The van der Waals surface area contributed by atoms with Crippen LogP contribution < -0.4 is 36.7 Å². The Bertz CT molecular complexity index is 2100. The van der Waals surface area contributed by atoms with Crippen molar-refractivity contribution in [3.05, 3.63) is 91.2 Å². The van der Waals surface area contributed by atoms with Crippen LogP contribution in [0.1, 0.15) is 40.4 Å². The van der Waals surface area contributed by atoms with Crippen LogP contribution in [-0.4, -0.2) is 52.2 Å². The molecule has 0 spiro atoms. The van der Waals surface area contributed by atoms with Gasteiger partial charge in [-0.1, -0.05) is 41.9 Å². The van der Waals surface area contributed by atoms with Gasteiger partial charge in [0.05, 0.1) is 40.7 Å². The first-order valence-corrected chi connectivity index (χ1v) is 15.1. The summed E-state index contributed by atoms with van der Waals surface area (Å²) in [6.07, 6.45) is 2.45. The van der Waals surface area contributed by atoms with Crippen LogP contribution in [0.25, 0.3) is 22.4 Å². The number of anilines is 1. The molecular formula is C33H30ClN7O6. The number of aryl methyl sites for hydroxylation is 1. The molecule has 13 nitrogen and oxygen atoms in total. The Kier molecular flexibility index (Phi) is 8.55. The highest BCUT2D eigenvalue weighted by atomic mass is 35.5. The molecule has 2 aliphatic heterocycles. The van der Waals surface area contributed by atoms with Gasteiger partial charge in [-0.3, -0.25) is 19.0 Å². The Morgan fingerprint density at radius 1 is 1.17 bits per heavy atom. The van der Waals surface area contributed by atoms with Crippen molar-refractivity contribution in [1.29, 1.82) is 5.26 Å². The van der Waals surface area contributed by atoms with E-state index in [4.69, 9.17) is 26.1 Å². The molecule has 0 radical (unpaired) electrons. The van der Waals surface area contributed by atoms with Crippen molar-refractivity contribution in [2.75, 3.05) is 25.6 Å². The van der Waals surface area contributed by atoms with Crippen molar-refractivity contribution in [3.63, 3.8) is 0 Å². The van der Waals surface area contributed by atoms with Crippen LogP contribution in [0, 0.1) is 11.3 Å². The van der Waals surface area contributed by atoms with E-state index in [0.29, 0.717) is 53.6 Å². The lowest BCUT2D eigenvalue weighted by molar-refractivity contribution is -0.119. The third kappa shape index (κ3) is 5.84. The lowest BCUT2D eigenvalue weighted by Crippen LogP contribution is -2.40. The average molecular weight is 656 g/mol. The Morgan fingerprint density at radius 3 is 2.64 bits per heavy atom. The lowest BCUT2D eigenvalue weighted by atomic mass is 9.93. The highest BCUT2D eigenvalue weighted by Crippen LogP contribution is 2.43. The fraction of sp³-hybridized carbons (Fsp3) is 0.273. The Morgan fingerprint density at radius 2 is 1.91 bits per heavy atom. The molecular weight excluding hydrogens is 626 g/mol. The molecule has 2 aliphatic rings. The zero-order valence-electron chi connectivity index (χ0n) is 25.7. The van der Waals surface area contributed by atoms with E-state index in [1.807, 2.05) is 0 Å². The number of carbonyl (C=O) groups is 2. The average Bonchev–Trinajstić information content (AvgIpc) is 3.69. The zero-order chi connectivity index (χ0) is 33.4. The van der Waals surface area contributed by atoms with Gasteiger partial charge in [-0.2, -0.15) is 5.26 Å². The van der Waals surface area contributed by atoms with E-state index >= 15 is 0 Å². The topological polar surface area (TPSA) is 169 Å². The predicted molar refractivity (Wildman–Crippen MR) is 174 cm³/mol. The molecule has 1 fully saturated rings. The quantitative estimate of drug-likeness (QED) is 0.258. The van der Waals surface area contributed by atoms with Crippen LogP contribution >= 0.6 is 11.6 Å². The molecule has 4 aromatic rings. The maximum absolute atomic E-state index is 13.1. The van der Waals surface area contributed by atoms with Gasteiger partial charge in [-0.15, -0.1) is 0 Å². The number of hydrogen-bond acceptors (Lipinski definition) is 9. The third-order valence-corrected chi connectivity index (χ3v) is 8.72. The minimum atomic E-state index is -0.747. The molecule has 2 aromatic carbocycles. The summed E-state index contributed by atoms with van der Waals surface area (Å²) >= 11 is 6.81. The van der Waals surface area contributed by atoms with Crippen LogP contribution in [0.2, 0.25) is 5.02 Å². The van der Waals surface area contributed by atoms with Gasteiger partial charge in [0.2, 0.25) is 11.8 Å². The first-order chi connectivity index (χ1) is 22.6. The monoisotopic (exact) mass is 655 g/mol. The number of nitriles is 1. The number of nitrogens with zero attached hydrogens (tertiary/aromatic N) is 4. The number of ether oxygens (including phenoxy) is 2. The summed E-state index contributed by atoms with van der Waals surface area (Å²) in [7, 11) is 4.25. The van der Waals surface area contributed by atoms with Crippen molar-refractivity contribution < 1.29 is 19.1 Å². The van der Waals surface area contributed by atoms with Crippen LogP contribution in [-0.2, 0) is 18.9 Å². The fourth-order valence-corrected chi connectivity index (χ4v) is 6.15. The smallest absolute Gasteiger partial charge is 0.330 e. The number of hydrogen-bond donors (Lipinski definition) is 3. The van der Waals surface area contributed by atoms with Gasteiger partial charge in [0, 0.05) is 62.1 Å². The molecule has 0 saturated carbocycles. The second kappa shape index (κ2) is 12.7. The predicted octanol–water partition coefficient (Wildman–Crippen LogP) is 2.90. The van der Waals surface area contributed by atoms with Gasteiger partial charge >= 0.3 is 5.69 Å². The molecule has 0 aliphatic carbocycles. The van der Waals surface area contributed by atoms with Crippen LogP contribution in [0.5, 0.6) is 11.6 Å². The van der Waals surface area contributed by atoms with Crippen LogP contribution in [0.4, 0.5) is 5.69 Å². The van der Waals surface area contributed by atoms with E-state index < -0.39 is 17.2 Å². The number of halogens is 1. The lowest BCUT2D eigenvalue weighted by Gasteiger charge is -2.18. The zero-order valence-corrected chi connectivity index (χ0v) is 26.5. The molecule has 3 N–H and O–H groups in total. The molecule has 0 bridgehead atoms. The van der Waals surface area contributed by atoms with Gasteiger partial charge in [-0.05, 0) is 12.5 Å². The standard InChI is InChI=1S/C33H30ClN7O6/c1-40-15-22(32(44)41(2)33(40)45)30(43)38-23-9-5-8-20(29(23)34)18-6-4-7-19(21(18)13-35)24-12-26-28(31(39-24)46-3)25(16-47-26)36-14-17-10-11-27(42)37-17/h4-9,12,15,17,25,36H,10-11,14,16H2,1-3H3,(H,37,42)(H,38,43)/t17-,25-/m0/s1. The highest BCUT2D eigenvalue weighted by Gasteiger charge is 2.32. The molecule has 47 heavy (non-hydrogen) atoms. The van der Waals surface area contributed by atoms with Gasteiger partial charge in [0.15, 0.2) is 0 Å². The van der Waals surface area contributed by atoms with E-state index in [-0.39, 0.29) is 39.8 Å². The summed E-state index contributed by atoms with van der Waals surface area (Å²) in [5, 5.41) is 19.6. The molecule has 6 rings (SSSR count). The molecule has 4 heterocycles. The maximum atomic E-state index is 13.1. The second-order valence-electron chi connectivity index (χ2n) is 11.3. The van der Waals surface area contributed by atoms with Gasteiger partial charge in [-0.25, -0.2) is 9.78 Å². The Hall–Kier alpha value is -5.45. The maximum Gasteiger partial charge on any atom is 0.330 e. The molecule has 2 amide bonds. The van der Waals surface area contributed by atoms with Crippen LogP contribution in [0.15, 0.2) is 58.3 Å². The number of pyridine rings is 1. The molecule has 14 heteroatoms. The van der Waals surface area contributed by atoms with Crippen molar-refractivity contribution >= 4 is 29.1 Å². The fourth-order valence-electron chi connectivity index (χ4n) is 5.88. The third-order valence-electron chi connectivity index (χ3n) is 8.31. The normalized spacial score (nSPS) is 16.6. The van der Waals surface area contributed by atoms with E-state index in [2.05, 4.69) is 22.0 Å². The van der Waals surface area contributed by atoms with E-state index in [1.165, 1.54) is 27.4 Å². The molecule has 240 valence electrons. The van der Waals surface area contributed by atoms with Crippen molar-refractivity contribution in [2.24, 2.45) is 14.1 Å². The number of carbonyl (C=O) groups excluding carboxylic acids is 2. The number of rotatable bonds is 8. The summed E-state index contributed by atoms with van der Waals surface area (Å²) in [5.41, 5.74) is 1.62. The second-order valence-corrected chi connectivity index (χ2v) is 11.6. The van der Waals surface area contributed by atoms with E-state index in [9.17, 15) is 24.4 Å². The molecule has 2 atom stereocenters. The first kappa shape index (κ1) is 31.5. The number of amides is 2. The summed E-state index contributed by atoms with van der Waals surface area (Å²) < 4.78 is 13.7. The number of aromatic nitrogens is 3.